The first-order chi connectivity index (χ1) is 11.4. The molecular formula is C21H22N2. The monoisotopic (exact) mass is 302 g/mol. The Morgan fingerprint density at radius 2 is 1.61 bits per heavy atom. The summed E-state index contributed by atoms with van der Waals surface area (Å²) >= 11 is 0. The first kappa shape index (κ1) is 13.5. The Hall–Kier alpha value is -1.90. The van der Waals surface area contributed by atoms with E-state index in [9.17, 15) is 0 Å². The minimum atomic E-state index is 0.407. The molecule has 0 saturated carbocycles. The molecule has 0 bridgehead atoms. The van der Waals surface area contributed by atoms with Crippen LogP contribution in [0.25, 0.3) is 0 Å². The van der Waals surface area contributed by atoms with Crippen molar-refractivity contribution in [3.05, 3.63) is 83.9 Å². The zero-order valence-corrected chi connectivity index (χ0v) is 13.3. The summed E-state index contributed by atoms with van der Waals surface area (Å²) in [4.78, 5) is 5.34. The third kappa shape index (κ3) is 2.17. The third-order valence-corrected chi connectivity index (χ3v) is 5.81. The molecule has 3 heterocycles. The standard InChI is InChI=1S/C21H22N2/c1-3-7-17(8-4-1)13-22-14-19-11-12-20(18-9-5-2-6-10-18)23-16-21(19,23)15-22/h1-12,19-20H,13-16H2/t19-,20+,21+,23?/m1/s1. The maximum Gasteiger partial charge on any atom is 0.0548 e. The minimum absolute atomic E-state index is 0.407. The number of nitrogens with zero attached hydrogens (tertiary/aromatic N) is 2. The van der Waals surface area contributed by atoms with Crippen LogP contribution in [0.5, 0.6) is 0 Å². The van der Waals surface area contributed by atoms with Crippen molar-refractivity contribution >= 4 is 0 Å². The second-order valence-corrected chi connectivity index (χ2v) is 7.23. The zero-order chi connectivity index (χ0) is 15.3. The minimum Gasteiger partial charge on any atom is -0.297 e. The van der Waals surface area contributed by atoms with Gasteiger partial charge in [-0.3, -0.25) is 9.80 Å². The van der Waals surface area contributed by atoms with Gasteiger partial charge in [-0.15, -0.1) is 0 Å². The van der Waals surface area contributed by atoms with Crippen molar-refractivity contribution in [2.45, 2.75) is 18.1 Å². The smallest absolute Gasteiger partial charge is 0.0548 e. The van der Waals surface area contributed by atoms with Crippen LogP contribution in [0.15, 0.2) is 72.8 Å². The highest BCUT2D eigenvalue weighted by molar-refractivity contribution is 5.35. The SMILES string of the molecule is C1=C[C@@H](c2ccccc2)N2C[C@]23CN(Cc2ccccc2)C[C@@H]13. The lowest BCUT2D eigenvalue weighted by Crippen LogP contribution is -2.32. The van der Waals surface area contributed by atoms with Crippen molar-refractivity contribution in [3.63, 3.8) is 0 Å². The van der Waals surface area contributed by atoms with E-state index in [0.717, 1.165) is 6.54 Å². The number of likely N-dealkylation sites (tertiary alicyclic amines) is 1. The molecule has 2 heteroatoms. The Kier molecular flexibility index (Phi) is 2.97. The Morgan fingerprint density at radius 3 is 2.39 bits per heavy atom. The summed E-state index contributed by atoms with van der Waals surface area (Å²) in [5, 5.41) is 0. The van der Waals surface area contributed by atoms with Crippen LogP contribution in [0.1, 0.15) is 17.2 Å². The highest BCUT2D eigenvalue weighted by Gasteiger charge is 2.64. The molecule has 0 amide bonds. The molecule has 2 aromatic carbocycles. The van der Waals surface area contributed by atoms with E-state index >= 15 is 0 Å². The summed E-state index contributed by atoms with van der Waals surface area (Å²) in [6.07, 6.45) is 4.92. The molecule has 3 aliphatic heterocycles. The fourth-order valence-corrected chi connectivity index (χ4v) is 4.61. The van der Waals surface area contributed by atoms with Gasteiger partial charge in [0.25, 0.3) is 0 Å². The van der Waals surface area contributed by atoms with Crippen LogP contribution in [0.2, 0.25) is 0 Å². The van der Waals surface area contributed by atoms with Gasteiger partial charge in [0.15, 0.2) is 0 Å². The van der Waals surface area contributed by atoms with Gasteiger partial charge in [-0.05, 0) is 11.1 Å². The number of benzene rings is 2. The summed E-state index contributed by atoms with van der Waals surface area (Å²) in [6, 6.07) is 22.3. The molecule has 0 N–H and O–H groups in total. The van der Waals surface area contributed by atoms with E-state index in [4.69, 9.17) is 0 Å². The van der Waals surface area contributed by atoms with Crippen molar-refractivity contribution in [2.75, 3.05) is 19.6 Å². The molecule has 0 aliphatic carbocycles. The molecule has 2 aromatic rings. The van der Waals surface area contributed by atoms with Crippen molar-refractivity contribution in [1.82, 2.24) is 9.80 Å². The van der Waals surface area contributed by atoms with Crippen molar-refractivity contribution < 1.29 is 0 Å². The van der Waals surface area contributed by atoms with E-state index < -0.39 is 0 Å². The van der Waals surface area contributed by atoms with Gasteiger partial charge in [0.2, 0.25) is 0 Å². The van der Waals surface area contributed by atoms with Crippen molar-refractivity contribution in [3.8, 4) is 0 Å². The fraction of sp³-hybridized carbons (Fsp3) is 0.333. The normalized spacial score (nSPS) is 34.9. The molecule has 3 aliphatic rings. The van der Waals surface area contributed by atoms with Crippen LogP contribution in [0, 0.1) is 5.92 Å². The van der Waals surface area contributed by atoms with Gasteiger partial charge in [0, 0.05) is 32.1 Å². The maximum absolute atomic E-state index is 2.71. The van der Waals surface area contributed by atoms with E-state index in [-0.39, 0.29) is 0 Å². The van der Waals surface area contributed by atoms with Gasteiger partial charge in [0.05, 0.1) is 11.6 Å². The van der Waals surface area contributed by atoms with Gasteiger partial charge < -0.3 is 0 Å². The Morgan fingerprint density at radius 1 is 0.870 bits per heavy atom. The molecule has 23 heavy (non-hydrogen) atoms. The zero-order valence-electron chi connectivity index (χ0n) is 13.3. The maximum atomic E-state index is 2.71. The van der Waals surface area contributed by atoms with Crippen LogP contribution >= 0.6 is 0 Å². The first-order valence-electron chi connectivity index (χ1n) is 8.61. The predicted octanol–water partition coefficient (Wildman–Crippen LogP) is 3.48. The predicted molar refractivity (Wildman–Crippen MR) is 93.0 cm³/mol. The molecule has 1 unspecified atom stereocenters. The topological polar surface area (TPSA) is 6.25 Å². The second-order valence-electron chi connectivity index (χ2n) is 7.23. The van der Waals surface area contributed by atoms with E-state index in [2.05, 4.69) is 82.6 Å². The molecular weight excluding hydrogens is 280 g/mol. The van der Waals surface area contributed by atoms with Gasteiger partial charge in [-0.1, -0.05) is 72.8 Å². The lowest BCUT2D eigenvalue weighted by atomic mass is 9.90. The summed E-state index contributed by atoms with van der Waals surface area (Å²) in [5.74, 6) is 0.700. The number of hydrogen-bond acceptors (Lipinski definition) is 2. The fourth-order valence-electron chi connectivity index (χ4n) is 4.61. The quantitative estimate of drug-likeness (QED) is 0.632. The van der Waals surface area contributed by atoms with Gasteiger partial charge in [0.1, 0.15) is 0 Å². The van der Waals surface area contributed by atoms with E-state index in [0.29, 0.717) is 17.5 Å². The van der Waals surface area contributed by atoms with Crippen molar-refractivity contribution in [1.29, 1.82) is 0 Å². The van der Waals surface area contributed by atoms with Crippen molar-refractivity contribution in [2.24, 2.45) is 5.92 Å². The molecule has 0 radical (unpaired) electrons. The molecule has 4 atom stereocenters. The lowest BCUT2D eigenvalue weighted by molar-refractivity contribution is 0.294. The molecule has 5 rings (SSSR count). The van der Waals surface area contributed by atoms with Crippen LogP contribution in [-0.2, 0) is 6.54 Å². The van der Waals surface area contributed by atoms with E-state index in [1.807, 2.05) is 0 Å². The van der Waals surface area contributed by atoms with E-state index in [1.54, 1.807) is 0 Å². The molecule has 116 valence electrons. The summed E-state index contributed by atoms with van der Waals surface area (Å²) in [6.45, 7) is 4.73. The molecule has 2 nitrogen and oxygen atoms in total. The highest BCUT2D eigenvalue weighted by atomic mass is 15.4. The van der Waals surface area contributed by atoms with Crippen LogP contribution < -0.4 is 0 Å². The number of hydrogen-bond donors (Lipinski definition) is 0. The Bertz CT molecular complexity index is 724. The second kappa shape index (κ2) is 5.05. The molecule has 2 saturated heterocycles. The molecule has 1 spiro atoms. The largest absolute Gasteiger partial charge is 0.297 e. The average Bonchev–Trinajstić information content (AvgIpc) is 3.22. The van der Waals surface area contributed by atoms with Crippen LogP contribution in [-0.4, -0.2) is 35.0 Å². The van der Waals surface area contributed by atoms with Crippen LogP contribution in [0.4, 0.5) is 0 Å². The molecule has 2 fully saturated rings. The van der Waals surface area contributed by atoms with E-state index in [1.165, 1.54) is 30.8 Å². The Labute approximate surface area is 138 Å². The Balaban J connectivity index is 1.35. The summed E-state index contributed by atoms with van der Waals surface area (Å²) < 4.78 is 0. The molecule has 0 aromatic heterocycles. The van der Waals surface area contributed by atoms with Gasteiger partial charge in [-0.2, -0.15) is 0 Å². The highest BCUT2D eigenvalue weighted by Crippen LogP contribution is 2.54. The number of rotatable bonds is 3. The van der Waals surface area contributed by atoms with Crippen LogP contribution in [0.3, 0.4) is 0 Å². The van der Waals surface area contributed by atoms with Gasteiger partial charge in [-0.25, -0.2) is 0 Å². The third-order valence-electron chi connectivity index (χ3n) is 5.81. The van der Waals surface area contributed by atoms with Gasteiger partial charge >= 0.3 is 0 Å². The summed E-state index contributed by atoms with van der Waals surface area (Å²) in [7, 11) is 0. The lowest BCUT2D eigenvalue weighted by Gasteiger charge is -2.27. The first-order valence-corrected chi connectivity index (χ1v) is 8.61. The average molecular weight is 302 g/mol. The summed E-state index contributed by atoms with van der Waals surface area (Å²) in [5.41, 5.74) is 3.27.